The van der Waals surface area contributed by atoms with Crippen LogP contribution in [0.3, 0.4) is 0 Å². The normalized spacial score (nSPS) is 14.8. The van der Waals surface area contributed by atoms with Crippen LogP contribution in [0.5, 0.6) is 11.5 Å². The van der Waals surface area contributed by atoms with Crippen LogP contribution in [0.25, 0.3) is 17.0 Å². The first-order chi connectivity index (χ1) is 16.5. The molecule has 0 radical (unpaired) electrons. The van der Waals surface area contributed by atoms with Crippen LogP contribution in [0.1, 0.15) is 18.1 Å². The quantitative estimate of drug-likeness (QED) is 0.451. The van der Waals surface area contributed by atoms with Gasteiger partial charge in [-0.1, -0.05) is 24.3 Å². The van der Waals surface area contributed by atoms with Crippen LogP contribution in [0.4, 0.5) is 4.79 Å². The molecular formula is C25H25N3O5S. The summed E-state index contributed by atoms with van der Waals surface area (Å²) in [5, 5.41) is 3.43. The van der Waals surface area contributed by atoms with Crippen molar-refractivity contribution >= 4 is 45.8 Å². The molecule has 1 fully saturated rings. The standard InChI is InChI=1S/C25H25N3O5S/c1-3-33-20-9-8-16(12-21(20)32-2)13-22-24(30)28(25(31)34-22)11-10-26-23(29)14-17-15-27-19-7-5-4-6-18(17)19/h4-9,12-13,15,27H,3,10-11,14H2,1-2H3,(H,26,29)/b22-13-. The van der Waals surface area contributed by atoms with Gasteiger partial charge in [-0.25, -0.2) is 0 Å². The van der Waals surface area contributed by atoms with Crippen LogP contribution in [0.2, 0.25) is 0 Å². The van der Waals surface area contributed by atoms with Crippen LogP contribution < -0.4 is 14.8 Å². The molecule has 2 heterocycles. The van der Waals surface area contributed by atoms with Gasteiger partial charge in [-0.3, -0.25) is 19.3 Å². The van der Waals surface area contributed by atoms with Gasteiger partial charge >= 0.3 is 0 Å². The molecule has 1 aliphatic rings. The van der Waals surface area contributed by atoms with Crippen molar-refractivity contribution in [3.63, 3.8) is 0 Å². The number of carbonyl (C=O) groups excluding carboxylic acids is 3. The van der Waals surface area contributed by atoms with Crippen molar-refractivity contribution in [1.82, 2.24) is 15.2 Å². The third-order valence-corrected chi connectivity index (χ3v) is 6.25. The number of hydrogen-bond donors (Lipinski definition) is 2. The SMILES string of the molecule is CCOc1ccc(/C=C2\SC(=O)N(CCNC(=O)Cc3c[nH]c4ccccc34)C2=O)cc1OC. The second kappa shape index (κ2) is 10.5. The first-order valence-electron chi connectivity index (χ1n) is 10.9. The molecule has 2 N–H and O–H groups in total. The van der Waals surface area contributed by atoms with Crippen molar-refractivity contribution in [2.75, 3.05) is 26.8 Å². The minimum atomic E-state index is -0.381. The maximum absolute atomic E-state index is 12.8. The summed E-state index contributed by atoms with van der Waals surface area (Å²) in [5.41, 5.74) is 2.59. The number of nitrogens with one attached hydrogen (secondary N) is 2. The molecule has 176 valence electrons. The summed E-state index contributed by atoms with van der Waals surface area (Å²) < 4.78 is 10.9. The van der Waals surface area contributed by atoms with Gasteiger partial charge < -0.3 is 19.8 Å². The van der Waals surface area contributed by atoms with Gasteiger partial charge in [0.2, 0.25) is 5.91 Å². The summed E-state index contributed by atoms with van der Waals surface area (Å²) in [7, 11) is 1.54. The molecule has 4 rings (SSSR count). The van der Waals surface area contributed by atoms with E-state index in [4.69, 9.17) is 9.47 Å². The zero-order valence-electron chi connectivity index (χ0n) is 18.9. The average Bonchev–Trinajstić information content (AvgIpc) is 3.35. The topological polar surface area (TPSA) is 101 Å². The average molecular weight is 480 g/mol. The van der Waals surface area contributed by atoms with E-state index in [9.17, 15) is 14.4 Å². The molecule has 3 aromatic rings. The number of thioether (sulfide) groups is 1. The third kappa shape index (κ3) is 5.09. The molecule has 0 atom stereocenters. The highest BCUT2D eigenvalue weighted by Gasteiger charge is 2.34. The molecule has 9 heteroatoms. The van der Waals surface area contributed by atoms with Crippen LogP contribution >= 0.6 is 11.8 Å². The maximum Gasteiger partial charge on any atom is 0.293 e. The lowest BCUT2D eigenvalue weighted by molar-refractivity contribution is -0.124. The smallest absolute Gasteiger partial charge is 0.293 e. The van der Waals surface area contributed by atoms with E-state index in [2.05, 4.69) is 10.3 Å². The van der Waals surface area contributed by atoms with E-state index in [1.807, 2.05) is 37.4 Å². The Morgan fingerprint density at radius 2 is 2.00 bits per heavy atom. The van der Waals surface area contributed by atoms with Gasteiger partial charge in [-0.05, 0) is 54.1 Å². The Labute approximate surface area is 201 Å². The minimum Gasteiger partial charge on any atom is -0.493 e. The van der Waals surface area contributed by atoms with E-state index in [-0.39, 0.29) is 36.6 Å². The van der Waals surface area contributed by atoms with Crippen LogP contribution in [-0.2, 0) is 16.0 Å². The van der Waals surface area contributed by atoms with Gasteiger partial charge in [-0.2, -0.15) is 0 Å². The van der Waals surface area contributed by atoms with Gasteiger partial charge in [0.15, 0.2) is 11.5 Å². The molecule has 8 nitrogen and oxygen atoms in total. The number of carbonyl (C=O) groups is 3. The molecule has 0 bridgehead atoms. The number of imide groups is 1. The van der Waals surface area contributed by atoms with E-state index < -0.39 is 0 Å². The summed E-state index contributed by atoms with van der Waals surface area (Å²) in [6.45, 7) is 2.68. The summed E-state index contributed by atoms with van der Waals surface area (Å²) >= 11 is 0.878. The Morgan fingerprint density at radius 3 is 2.79 bits per heavy atom. The molecular weight excluding hydrogens is 454 g/mol. The van der Waals surface area contributed by atoms with Gasteiger partial charge in [0.25, 0.3) is 11.1 Å². The highest BCUT2D eigenvalue weighted by molar-refractivity contribution is 8.18. The van der Waals surface area contributed by atoms with E-state index in [0.717, 1.165) is 38.7 Å². The fraction of sp³-hybridized carbons (Fsp3) is 0.240. The van der Waals surface area contributed by atoms with Crippen LogP contribution in [0, 0.1) is 0 Å². The predicted molar refractivity (Wildman–Crippen MR) is 132 cm³/mol. The van der Waals surface area contributed by atoms with E-state index >= 15 is 0 Å². The minimum absolute atomic E-state index is 0.105. The van der Waals surface area contributed by atoms with Crippen molar-refractivity contribution in [1.29, 1.82) is 0 Å². The first-order valence-corrected chi connectivity index (χ1v) is 11.7. The van der Waals surface area contributed by atoms with E-state index in [1.54, 1.807) is 31.4 Å². The fourth-order valence-electron chi connectivity index (χ4n) is 3.71. The molecule has 0 unspecified atom stereocenters. The highest BCUT2D eigenvalue weighted by atomic mass is 32.2. The fourth-order valence-corrected chi connectivity index (χ4v) is 4.58. The lowest BCUT2D eigenvalue weighted by atomic mass is 10.1. The molecule has 34 heavy (non-hydrogen) atoms. The Hall–Kier alpha value is -3.72. The summed E-state index contributed by atoms with van der Waals surface area (Å²) in [4.78, 5) is 42.2. The number of amides is 3. The zero-order chi connectivity index (χ0) is 24.1. The number of fused-ring (bicyclic) bond motifs is 1. The number of ether oxygens (including phenoxy) is 2. The molecule has 0 saturated carbocycles. The van der Waals surface area contributed by atoms with Crippen molar-refractivity contribution in [3.05, 3.63) is 64.7 Å². The van der Waals surface area contributed by atoms with Crippen molar-refractivity contribution in [3.8, 4) is 11.5 Å². The Balaban J connectivity index is 1.34. The molecule has 3 amide bonds. The molecule has 0 spiro atoms. The van der Waals surface area contributed by atoms with Crippen molar-refractivity contribution in [2.24, 2.45) is 0 Å². The number of H-pyrrole nitrogens is 1. The van der Waals surface area contributed by atoms with Gasteiger partial charge in [0.05, 0.1) is 25.0 Å². The molecule has 1 aromatic heterocycles. The number of rotatable bonds is 9. The Morgan fingerprint density at radius 1 is 1.18 bits per heavy atom. The van der Waals surface area contributed by atoms with E-state index in [1.165, 1.54) is 0 Å². The molecule has 2 aromatic carbocycles. The molecule has 1 saturated heterocycles. The molecule has 0 aliphatic carbocycles. The van der Waals surface area contributed by atoms with Crippen LogP contribution in [-0.4, -0.2) is 53.7 Å². The maximum atomic E-state index is 12.8. The number of aromatic nitrogens is 1. The number of aromatic amines is 1. The summed E-state index contributed by atoms with van der Waals surface area (Å²) in [5.74, 6) is 0.605. The van der Waals surface area contributed by atoms with Gasteiger partial charge in [-0.15, -0.1) is 0 Å². The Bertz CT molecular complexity index is 1270. The number of hydrogen-bond acceptors (Lipinski definition) is 6. The number of nitrogens with zero attached hydrogens (tertiary/aromatic N) is 1. The lowest BCUT2D eigenvalue weighted by Crippen LogP contribution is -2.37. The second-order valence-corrected chi connectivity index (χ2v) is 8.56. The Kier molecular flexibility index (Phi) is 7.22. The largest absolute Gasteiger partial charge is 0.493 e. The number of benzene rings is 2. The summed E-state index contributed by atoms with van der Waals surface area (Å²) in [6, 6.07) is 13.1. The van der Waals surface area contributed by atoms with Crippen LogP contribution in [0.15, 0.2) is 53.6 Å². The predicted octanol–water partition coefficient (Wildman–Crippen LogP) is 3.97. The summed E-state index contributed by atoms with van der Waals surface area (Å²) in [6.07, 6.45) is 3.69. The third-order valence-electron chi connectivity index (χ3n) is 5.34. The first kappa shape index (κ1) is 23.4. The van der Waals surface area contributed by atoms with Gasteiger partial charge in [0.1, 0.15) is 0 Å². The number of methoxy groups -OCH3 is 1. The molecule has 1 aliphatic heterocycles. The van der Waals surface area contributed by atoms with Gasteiger partial charge in [0, 0.05) is 30.2 Å². The monoisotopic (exact) mass is 479 g/mol. The lowest BCUT2D eigenvalue weighted by Gasteiger charge is -2.13. The second-order valence-electron chi connectivity index (χ2n) is 7.56. The van der Waals surface area contributed by atoms with E-state index in [0.29, 0.717) is 23.0 Å². The van der Waals surface area contributed by atoms with Crippen molar-refractivity contribution < 1.29 is 23.9 Å². The van der Waals surface area contributed by atoms with Crippen molar-refractivity contribution in [2.45, 2.75) is 13.3 Å². The zero-order valence-corrected chi connectivity index (χ0v) is 19.7. The highest BCUT2D eigenvalue weighted by Crippen LogP contribution is 2.34. The number of para-hydroxylation sites is 1.